The Labute approximate surface area is 102 Å². The topological polar surface area (TPSA) is 55.1 Å². The molecule has 90 valence electrons. The summed E-state index contributed by atoms with van der Waals surface area (Å²) in [6.45, 7) is 5.24. The third-order valence-electron chi connectivity index (χ3n) is 4.34. The number of nitrogens with one attached hydrogen (secondary N) is 1. The van der Waals surface area contributed by atoms with E-state index in [-0.39, 0.29) is 5.91 Å². The van der Waals surface area contributed by atoms with Crippen LogP contribution in [0, 0.1) is 16.7 Å². The van der Waals surface area contributed by atoms with Crippen molar-refractivity contribution in [2.24, 2.45) is 22.5 Å². The van der Waals surface area contributed by atoms with E-state index in [1.54, 1.807) is 0 Å². The SMILES string of the molecule is CC1(C)CC1CNC(=O)C1(C(N)=S)CCC1. The molecule has 2 aliphatic carbocycles. The van der Waals surface area contributed by atoms with Crippen LogP contribution in [0.15, 0.2) is 0 Å². The van der Waals surface area contributed by atoms with E-state index >= 15 is 0 Å². The predicted octanol–water partition coefficient (Wildman–Crippen LogP) is 1.61. The highest BCUT2D eigenvalue weighted by atomic mass is 32.1. The molecule has 2 aliphatic rings. The van der Waals surface area contributed by atoms with E-state index in [4.69, 9.17) is 18.0 Å². The lowest BCUT2D eigenvalue weighted by atomic mass is 9.68. The van der Waals surface area contributed by atoms with Crippen LogP contribution in [-0.2, 0) is 4.79 Å². The van der Waals surface area contributed by atoms with E-state index in [0.29, 0.717) is 16.3 Å². The molecule has 3 nitrogen and oxygen atoms in total. The smallest absolute Gasteiger partial charge is 0.233 e. The molecule has 0 radical (unpaired) electrons. The van der Waals surface area contributed by atoms with Crippen molar-refractivity contribution in [1.29, 1.82) is 0 Å². The number of hydrogen-bond donors (Lipinski definition) is 2. The van der Waals surface area contributed by atoms with Crippen molar-refractivity contribution in [3.05, 3.63) is 0 Å². The largest absolute Gasteiger partial charge is 0.392 e. The second-order valence-corrected chi connectivity index (χ2v) is 6.34. The van der Waals surface area contributed by atoms with Crippen LogP contribution in [0.1, 0.15) is 39.5 Å². The number of carbonyl (C=O) groups excluding carboxylic acids is 1. The van der Waals surface area contributed by atoms with E-state index in [9.17, 15) is 4.79 Å². The summed E-state index contributed by atoms with van der Waals surface area (Å²) in [4.78, 5) is 12.4. The van der Waals surface area contributed by atoms with Crippen molar-refractivity contribution in [3.8, 4) is 0 Å². The van der Waals surface area contributed by atoms with Crippen LogP contribution < -0.4 is 11.1 Å². The minimum absolute atomic E-state index is 0.0500. The van der Waals surface area contributed by atoms with Gasteiger partial charge in [-0.05, 0) is 30.6 Å². The van der Waals surface area contributed by atoms with Gasteiger partial charge in [0.2, 0.25) is 5.91 Å². The lowest BCUT2D eigenvalue weighted by molar-refractivity contribution is -0.130. The molecule has 0 aromatic carbocycles. The van der Waals surface area contributed by atoms with Gasteiger partial charge in [0, 0.05) is 6.54 Å². The summed E-state index contributed by atoms with van der Waals surface area (Å²) < 4.78 is 0. The number of amides is 1. The summed E-state index contributed by atoms with van der Waals surface area (Å²) in [5, 5.41) is 3.02. The van der Waals surface area contributed by atoms with Gasteiger partial charge < -0.3 is 11.1 Å². The first-order chi connectivity index (χ1) is 7.38. The standard InChI is InChI=1S/C12H20N2OS/c1-11(2)6-8(11)7-14-10(15)12(9(13)16)4-3-5-12/h8H,3-7H2,1-2H3,(H2,13,16)(H,14,15). The number of carbonyl (C=O) groups is 1. The van der Waals surface area contributed by atoms with Gasteiger partial charge in [-0.2, -0.15) is 0 Å². The normalized spacial score (nSPS) is 29.0. The fourth-order valence-electron chi connectivity index (χ4n) is 2.43. The van der Waals surface area contributed by atoms with Crippen molar-refractivity contribution in [3.63, 3.8) is 0 Å². The molecule has 0 heterocycles. The molecule has 3 N–H and O–H groups in total. The molecule has 2 saturated carbocycles. The highest BCUT2D eigenvalue weighted by molar-refractivity contribution is 7.80. The van der Waals surface area contributed by atoms with Gasteiger partial charge in [-0.15, -0.1) is 0 Å². The molecule has 0 aromatic rings. The van der Waals surface area contributed by atoms with Crippen LogP contribution in [0.5, 0.6) is 0 Å². The Bertz CT molecular complexity index is 334. The van der Waals surface area contributed by atoms with Gasteiger partial charge in [0.1, 0.15) is 0 Å². The van der Waals surface area contributed by atoms with Crippen LogP contribution in [0.2, 0.25) is 0 Å². The minimum Gasteiger partial charge on any atom is -0.392 e. The zero-order chi connectivity index (χ0) is 12.0. The van der Waals surface area contributed by atoms with Crippen molar-refractivity contribution in [2.45, 2.75) is 39.5 Å². The maximum absolute atomic E-state index is 12.1. The van der Waals surface area contributed by atoms with Crippen LogP contribution >= 0.6 is 12.2 Å². The summed E-state index contributed by atoms with van der Waals surface area (Å²) in [6.07, 6.45) is 3.90. The Morgan fingerprint density at radius 2 is 2.06 bits per heavy atom. The maximum atomic E-state index is 12.1. The van der Waals surface area contributed by atoms with Gasteiger partial charge >= 0.3 is 0 Å². The van der Waals surface area contributed by atoms with Gasteiger partial charge in [0.05, 0.1) is 10.4 Å². The molecule has 4 heteroatoms. The molecule has 1 unspecified atom stereocenters. The second-order valence-electron chi connectivity index (χ2n) is 5.90. The molecule has 0 bridgehead atoms. The predicted molar refractivity (Wildman–Crippen MR) is 68.0 cm³/mol. The average molecular weight is 240 g/mol. The van der Waals surface area contributed by atoms with Gasteiger partial charge in [0.15, 0.2) is 0 Å². The zero-order valence-corrected chi connectivity index (χ0v) is 10.8. The Morgan fingerprint density at radius 1 is 1.50 bits per heavy atom. The van der Waals surface area contributed by atoms with Crippen molar-refractivity contribution < 1.29 is 4.79 Å². The lowest BCUT2D eigenvalue weighted by Gasteiger charge is -2.39. The third-order valence-corrected chi connectivity index (χ3v) is 4.73. The van der Waals surface area contributed by atoms with E-state index in [0.717, 1.165) is 25.8 Å². The second kappa shape index (κ2) is 3.69. The molecular formula is C12H20N2OS. The number of hydrogen-bond acceptors (Lipinski definition) is 2. The Hall–Kier alpha value is -0.640. The van der Waals surface area contributed by atoms with E-state index in [1.807, 2.05) is 0 Å². The van der Waals surface area contributed by atoms with E-state index < -0.39 is 5.41 Å². The fourth-order valence-corrected chi connectivity index (χ4v) is 2.72. The molecular weight excluding hydrogens is 220 g/mol. The first-order valence-corrected chi connectivity index (χ1v) is 6.37. The van der Waals surface area contributed by atoms with Crippen LogP contribution in [-0.4, -0.2) is 17.4 Å². The van der Waals surface area contributed by atoms with Crippen LogP contribution in [0.3, 0.4) is 0 Å². The summed E-state index contributed by atoms with van der Waals surface area (Å²) >= 11 is 5.01. The lowest BCUT2D eigenvalue weighted by Crippen LogP contribution is -2.53. The summed E-state index contributed by atoms with van der Waals surface area (Å²) in [5.41, 5.74) is 5.57. The van der Waals surface area contributed by atoms with Gasteiger partial charge in [-0.25, -0.2) is 0 Å². The summed E-state index contributed by atoms with van der Waals surface area (Å²) in [7, 11) is 0. The van der Waals surface area contributed by atoms with Crippen molar-refractivity contribution in [2.75, 3.05) is 6.54 Å². The first-order valence-electron chi connectivity index (χ1n) is 5.97. The summed E-state index contributed by atoms with van der Waals surface area (Å²) in [6, 6.07) is 0. The highest BCUT2D eigenvalue weighted by Gasteiger charge is 2.49. The molecule has 1 amide bonds. The molecule has 0 saturated heterocycles. The number of nitrogens with two attached hydrogens (primary N) is 1. The molecule has 0 spiro atoms. The zero-order valence-electron chi connectivity index (χ0n) is 10.0. The minimum atomic E-state index is -0.519. The van der Waals surface area contributed by atoms with Crippen molar-refractivity contribution in [1.82, 2.24) is 5.32 Å². The third kappa shape index (κ3) is 1.83. The van der Waals surface area contributed by atoms with Gasteiger partial charge in [0.25, 0.3) is 0 Å². The molecule has 1 atom stereocenters. The molecule has 2 fully saturated rings. The quantitative estimate of drug-likeness (QED) is 0.734. The Morgan fingerprint density at radius 3 is 2.38 bits per heavy atom. The monoisotopic (exact) mass is 240 g/mol. The molecule has 0 aliphatic heterocycles. The number of rotatable bonds is 4. The summed E-state index contributed by atoms with van der Waals surface area (Å²) in [5.74, 6) is 0.675. The van der Waals surface area contributed by atoms with Crippen LogP contribution in [0.4, 0.5) is 0 Å². The maximum Gasteiger partial charge on any atom is 0.233 e. The molecule has 2 rings (SSSR count). The average Bonchev–Trinajstić information content (AvgIpc) is 2.67. The Balaban J connectivity index is 1.86. The molecule has 0 aromatic heterocycles. The van der Waals surface area contributed by atoms with Gasteiger partial charge in [-0.1, -0.05) is 32.5 Å². The highest BCUT2D eigenvalue weighted by Crippen LogP contribution is 2.51. The molecule has 16 heavy (non-hydrogen) atoms. The van der Waals surface area contributed by atoms with Crippen molar-refractivity contribution >= 4 is 23.1 Å². The van der Waals surface area contributed by atoms with E-state index in [2.05, 4.69) is 19.2 Å². The van der Waals surface area contributed by atoms with Gasteiger partial charge in [-0.3, -0.25) is 4.79 Å². The first kappa shape index (κ1) is 11.8. The number of thiocarbonyl (C=S) groups is 1. The van der Waals surface area contributed by atoms with Crippen LogP contribution in [0.25, 0.3) is 0 Å². The Kier molecular flexibility index (Phi) is 2.73. The fraction of sp³-hybridized carbons (Fsp3) is 0.833. The van der Waals surface area contributed by atoms with E-state index in [1.165, 1.54) is 6.42 Å².